The lowest BCUT2D eigenvalue weighted by Crippen LogP contribution is -2.40. The molecule has 7 heteroatoms. The van der Waals surface area contributed by atoms with Crippen molar-refractivity contribution in [2.24, 2.45) is 4.99 Å². The predicted molar refractivity (Wildman–Crippen MR) is 130 cm³/mol. The van der Waals surface area contributed by atoms with Crippen LogP contribution in [-0.4, -0.2) is 51.8 Å². The van der Waals surface area contributed by atoms with Crippen LogP contribution in [0.4, 0.5) is 0 Å². The van der Waals surface area contributed by atoms with Gasteiger partial charge in [0, 0.05) is 32.1 Å². The van der Waals surface area contributed by atoms with Crippen LogP contribution in [0.5, 0.6) is 11.5 Å². The van der Waals surface area contributed by atoms with Gasteiger partial charge >= 0.3 is 0 Å². The summed E-state index contributed by atoms with van der Waals surface area (Å²) in [6.45, 7) is 4.45. The van der Waals surface area contributed by atoms with Crippen LogP contribution < -0.4 is 14.8 Å². The molecule has 0 radical (unpaired) electrons. The lowest BCUT2D eigenvalue weighted by Gasteiger charge is -2.21. The number of aliphatic imine (C=N–C) groups is 1. The largest absolute Gasteiger partial charge is 0.493 e. The van der Waals surface area contributed by atoms with Crippen LogP contribution in [0.15, 0.2) is 40.7 Å². The molecule has 1 aromatic carbocycles. The molecular formula is C21H32IN3O2S. The van der Waals surface area contributed by atoms with Gasteiger partial charge in [-0.25, -0.2) is 0 Å². The molecule has 1 N–H and O–H groups in total. The molecule has 1 aromatic heterocycles. The zero-order chi connectivity index (χ0) is 19.5. The van der Waals surface area contributed by atoms with E-state index in [0.717, 1.165) is 49.8 Å². The molecule has 0 aliphatic heterocycles. The Labute approximate surface area is 190 Å². The topological polar surface area (TPSA) is 46.1 Å². The zero-order valence-electron chi connectivity index (χ0n) is 17.2. The van der Waals surface area contributed by atoms with Gasteiger partial charge in [0.25, 0.3) is 0 Å². The van der Waals surface area contributed by atoms with Crippen LogP contribution in [0.2, 0.25) is 0 Å². The fraction of sp³-hybridized carbons (Fsp3) is 0.476. The first-order valence-corrected chi connectivity index (χ1v) is 10.3. The van der Waals surface area contributed by atoms with Gasteiger partial charge in [0.15, 0.2) is 17.5 Å². The summed E-state index contributed by atoms with van der Waals surface area (Å²) in [5.41, 5.74) is 1.25. The van der Waals surface area contributed by atoms with Gasteiger partial charge in [-0.3, -0.25) is 4.99 Å². The van der Waals surface area contributed by atoms with Crippen molar-refractivity contribution in [3.05, 3.63) is 46.2 Å². The highest BCUT2D eigenvalue weighted by Crippen LogP contribution is 2.28. The van der Waals surface area contributed by atoms with Crippen LogP contribution in [0.25, 0.3) is 0 Å². The Hall–Kier alpha value is -1.48. The first kappa shape index (κ1) is 24.6. The third-order valence-electron chi connectivity index (χ3n) is 4.30. The van der Waals surface area contributed by atoms with Crippen molar-refractivity contribution in [1.82, 2.24) is 10.2 Å². The van der Waals surface area contributed by atoms with E-state index in [4.69, 9.17) is 9.47 Å². The maximum atomic E-state index is 5.65. The molecule has 2 aromatic rings. The predicted octanol–water partition coefficient (Wildman–Crippen LogP) is 4.46. The fourth-order valence-electron chi connectivity index (χ4n) is 2.86. The van der Waals surface area contributed by atoms with Gasteiger partial charge in [-0.2, -0.15) is 0 Å². The first-order chi connectivity index (χ1) is 13.2. The minimum absolute atomic E-state index is 0. The average Bonchev–Trinajstić information content (AvgIpc) is 3.20. The number of rotatable bonds is 10. The van der Waals surface area contributed by atoms with Crippen molar-refractivity contribution in [2.75, 3.05) is 40.9 Å². The summed E-state index contributed by atoms with van der Waals surface area (Å²) in [5, 5.41) is 5.58. The molecule has 0 aliphatic rings. The number of hydrogen-bond acceptors (Lipinski definition) is 4. The Kier molecular flexibility index (Phi) is 12.0. The smallest absolute Gasteiger partial charge is 0.193 e. The summed E-state index contributed by atoms with van der Waals surface area (Å²) in [6.07, 6.45) is 3.05. The van der Waals surface area contributed by atoms with Gasteiger partial charge in [-0.15, -0.1) is 35.3 Å². The third kappa shape index (κ3) is 7.87. The summed E-state index contributed by atoms with van der Waals surface area (Å²) in [7, 11) is 5.59. The molecule has 0 saturated carbocycles. The number of benzene rings is 1. The molecular weight excluding hydrogens is 485 g/mol. The highest BCUT2D eigenvalue weighted by Gasteiger charge is 2.07. The molecule has 156 valence electrons. The Morgan fingerprint density at radius 3 is 2.68 bits per heavy atom. The summed E-state index contributed by atoms with van der Waals surface area (Å²) in [5.74, 6) is 2.54. The number of likely N-dealkylation sites (N-methyl/N-ethyl adjacent to an activating group) is 1. The Morgan fingerprint density at radius 2 is 2.04 bits per heavy atom. The van der Waals surface area contributed by atoms with Crippen molar-refractivity contribution >= 4 is 41.3 Å². The van der Waals surface area contributed by atoms with Crippen molar-refractivity contribution in [3.63, 3.8) is 0 Å². The van der Waals surface area contributed by atoms with Crippen molar-refractivity contribution in [2.45, 2.75) is 26.2 Å². The van der Waals surface area contributed by atoms with Gasteiger partial charge in [-0.1, -0.05) is 12.1 Å². The maximum Gasteiger partial charge on any atom is 0.193 e. The van der Waals surface area contributed by atoms with E-state index in [-0.39, 0.29) is 24.0 Å². The molecule has 0 bridgehead atoms. The molecule has 5 nitrogen and oxygen atoms in total. The first-order valence-electron chi connectivity index (χ1n) is 9.41. The van der Waals surface area contributed by atoms with E-state index < -0.39 is 0 Å². The summed E-state index contributed by atoms with van der Waals surface area (Å²) in [6, 6.07) is 10.4. The average molecular weight is 517 g/mol. The number of halogens is 1. The van der Waals surface area contributed by atoms with Crippen LogP contribution in [0, 0.1) is 0 Å². The van der Waals surface area contributed by atoms with E-state index in [1.54, 1.807) is 18.4 Å². The third-order valence-corrected chi connectivity index (χ3v) is 5.24. The molecule has 2 rings (SSSR count). The molecule has 0 amide bonds. The molecule has 28 heavy (non-hydrogen) atoms. The molecule has 1 heterocycles. The van der Waals surface area contributed by atoms with E-state index in [9.17, 15) is 0 Å². The zero-order valence-corrected chi connectivity index (χ0v) is 20.4. The van der Waals surface area contributed by atoms with Crippen molar-refractivity contribution in [3.8, 4) is 11.5 Å². The summed E-state index contributed by atoms with van der Waals surface area (Å²) >= 11 is 1.80. The minimum Gasteiger partial charge on any atom is -0.493 e. The number of guanidine groups is 1. The lowest BCUT2D eigenvalue weighted by atomic mass is 10.1. The number of nitrogens with zero attached hydrogens (tertiary/aromatic N) is 2. The SMILES string of the molecule is CCOc1cc(CCCNC(=NC)N(C)CCc2cccs2)ccc1OC.I. The molecule has 0 fully saturated rings. The summed E-state index contributed by atoms with van der Waals surface area (Å²) in [4.78, 5) is 7.98. The van der Waals surface area contributed by atoms with Gasteiger partial charge in [0.1, 0.15) is 0 Å². The highest BCUT2D eigenvalue weighted by molar-refractivity contribution is 14.0. The molecule has 0 aliphatic carbocycles. The van der Waals surface area contributed by atoms with Gasteiger partial charge in [0.2, 0.25) is 0 Å². The minimum atomic E-state index is 0. The van der Waals surface area contributed by atoms with Crippen molar-refractivity contribution in [1.29, 1.82) is 0 Å². The Bertz CT molecular complexity index is 708. The quantitative estimate of drug-likeness (QED) is 0.219. The molecule has 0 unspecified atom stereocenters. The van der Waals surface area contributed by atoms with Crippen LogP contribution >= 0.6 is 35.3 Å². The number of aryl methyl sites for hydroxylation is 1. The number of ether oxygens (including phenoxy) is 2. The van der Waals surface area contributed by atoms with E-state index in [2.05, 4.69) is 51.9 Å². The monoisotopic (exact) mass is 517 g/mol. The highest BCUT2D eigenvalue weighted by atomic mass is 127. The van der Waals surface area contributed by atoms with E-state index in [1.165, 1.54) is 10.4 Å². The molecule has 0 spiro atoms. The Balaban J connectivity index is 0.00000392. The van der Waals surface area contributed by atoms with Gasteiger partial charge in [0.05, 0.1) is 13.7 Å². The standard InChI is InChI=1S/C21H31N3O2S.HI/c1-5-26-20-16-17(10-11-19(20)25-4)8-6-13-23-21(22-2)24(3)14-12-18-9-7-15-27-18;/h7,9-11,15-16H,5-6,8,12-14H2,1-4H3,(H,22,23);1H. The van der Waals surface area contributed by atoms with Gasteiger partial charge < -0.3 is 19.7 Å². The lowest BCUT2D eigenvalue weighted by molar-refractivity contribution is 0.310. The maximum absolute atomic E-state index is 5.65. The molecule has 0 atom stereocenters. The van der Waals surface area contributed by atoms with Crippen molar-refractivity contribution < 1.29 is 9.47 Å². The summed E-state index contributed by atoms with van der Waals surface area (Å²) < 4.78 is 11.0. The number of methoxy groups -OCH3 is 1. The van der Waals surface area contributed by atoms with E-state index in [1.807, 2.05) is 20.0 Å². The fourth-order valence-corrected chi connectivity index (χ4v) is 3.56. The second kappa shape index (κ2) is 13.7. The van der Waals surface area contributed by atoms with Crippen LogP contribution in [-0.2, 0) is 12.8 Å². The van der Waals surface area contributed by atoms with E-state index in [0.29, 0.717) is 6.61 Å². The van der Waals surface area contributed by atoms with E-state index >= 15 is 0 Å². The van der Waals surface area contributed by atoms with Gasteiger partial charge in [-0.05, 0) is 55.3 Å². The number of nitrogens with one attached hydrogen (secondary N) is 1. The van der Waals surface area contributed by atoms with Crippen LogP contribution in [0.1, 0.15) is 23.8 Å². The Morgan fingerprint density at radius 1 is 1.21 bits per heavy atom. The second-order valence-electron chi connectivity index (χ2n) is 6.25. The molecule has 0 saturated heterocycles. The normalized spacial score (nSPS) is 10.9. The second-order valence-corrected chi connectivity index (χ2v) is 7.28. The van der Waals surface area contributed by atoms with Crippen LogP contribution in [0.3, 0.4) is 0 Å². The number of hydrogen-bond donors (Lipinski definition) is 1. The number of thiophene rings is 1.